The Morgan fingerprint density at radius 2 is 2.12 bits per heavy atom. The van der Waals surface area contributed by atoms with Crippen LogP contribution < -0.4 is 10.5 Å². The Labute approximate surface area is 148 Å². The van der Waals surface area contributed by atoms with E-state index in [2.05, 4.69) is 5.16 Å². The molecule has 0 aromatic heterocycles. The number of anilines is 1. The Balaban J connectivity index is 2.29. The van der Waals surface area contributed by atoms with E-state index in [-0.39, 0.29) is 17.5 Å². The summed E-state index contributed by atoms with van der Waals surface area (Å²) in [4.78, 5) is 17.8. The van der Waals surface area contributed by atoms with Crippen molar-refractivity contribution in [2.75, 3.05) is 19.5 Å². The van der Waals surface area contributed by atoms with Crippen molar-refractivity contribution in [2.24, 2.45) is 5.16 Å². The van der Waals surface area contributed by atoms with Crippen LogP contribution in [-0.2, 0) is 9.63 Å². The van der Waals surface area contributed by atoms with Gasteiger partial charge in [0, 0.05) is 12.8 Å². The molecule has 1 atom stereocenters. The van der Waals surface area contributed by atoms with Crippen molar-refractivity contribution in [2.45, 2.75) is 45.4 Å². The summed E-state index contributed by atoms with van der Waals surface area (Å²) in [6.45, 7) is 4.24. The minimum atomic E-state index is -0.116. The number of allylic oxidation sites excluding steroid dienone is 2. The summed E-state index contributed by atoms with van der Waals surface area (Å²) in [5.74, 6) is 0.442. The average Bonchev–Trinajstić information content (AvgIpc) is 2.58. The van der Waals surface area contributed by atoms with Crippen LogP contribution in [0.3, 0.4) is 0 Å². The molecule has 136 valence electrons. The maximum Gasteiger partial charge on any atom is 0.168 e. The third kappa shape index (κ3) is 4.32. The molecule has 25 heavy (non-hydrogen) atoms. The van der Waals surface area contributed by atoms with Gasteiger partial charge in [0.1, 0.15) is 18.1 Å². The molecule has 6 nitrogen and oxygen atoms in total. The molecule has 0 saturated heterocycles. The highest BCUT2D eigenvalue weighted by Crippen LogP contribution is 2.36. The number of hydrogen-bond acceptors (Lipinski definition) is 6. The number of nitrogens with two attached hydrogens (primary N) is 1. The first-order chi connectivity index (χ1) is 12.0. The standard InChI is InChI=1S/C19H26N2O4/c1-4-6-15(21-25-5-2)19-16(22)10-13(11-17(19)23)12-7-8-18(24-3)14(20)9-12/h7-9,13,22H,4-6,10-11,20H2,1-3H3. The van der Waals surface area contributed by atoms with Gasteiger partial charge in [-0.05, 0) is 37.0 Å². The van der Waals surface area contributed by atoms with Gasteiger partial charge in [-0.3, -0.25) is 4.79 Å². The molecular formula is C19H26N2O4. The van der Waals surface area contributed by atoms with Crippen LogP contribution in [-0.4, -0.2) is 30.3 Å². The van der Waals surface area contributed by atoms with Crippen LogP contribution in [0, 0.1) is 0 Å². The first-order valence-corrected chi connectivity index (χ1v) is 8.59. The summed E-state index contributed by atoms with van der Waals surface area (Å²) in [7, 11) is 1.56. The third-order valence-corrected chi connectivity index (χ3v) is 4.24. The van der Waals surface area contributed by atoms with Crippen LogP contribution in [0.25, 0.3) is 0 Å². The van der Waals surface area contributed by atoms with E-state index >= 15 is 0 Å². The highest BCUT2D eigenvalue weighted by Gasteiger charge is 2.31. The Morgan fingerprint density at radius 1 is 1.36 bits per heavy atom. The molecule has 1 aromatic rings. The highest BCUT2D eigenvalue weighted by molar-refractivity contribution is 6.23. The molecule has 0 heterocycles. The number of aliphatic hydroxyl groups excluding tert-OH is 1. The van der Waals surface area contributed by atoms with Crippen molar-refractivity contribution in [1.29, 1.82) is 0 Å². The van der Waals surface area contributed by atoms with E-state index in [9.17, 15) is 9.90 Å². The fraction of sp³-hybridized carbons (Fsp3) is 0.474. The molecule has 0 amide bonds. The van der Waals surface area contributed by atoms with E-state index in [1.165, 1.54) is 0 Å². The molecule has 2 rings (SSSR count). The molecule has 1 aliphatic rings. The first-order valence-electron chi connectivity index (χ1n) is 8.59. The largest absolute Gasteiger partial charge is 0.511 e. The topological polar surface area (TPSA) is 94.1 Å². The minimum Gasteiger partial charge on any atom is -0.511 e. The SMILES string of the molecule is CCCC(=NOCC)C1=C(O)CC(c2ccc(OC)c(N)c2)CC1=O. The van der Waals surface area contributed by atoms with Crippen LogP contribution in [0.15, 0.2) is 34.7 Å². The van der Waals surface area contributed by atoms with Crippen LogP contribution in [0.5, 0.6) is 5.75 Å². The quantitative estimate of drug-likeness (QED) is 0.446. The van der Waals surface area contributed by atoms with Crippen molar-refractivity contribution in [1.82, 2.24) is 0 Å². The number of Topliss-reactive ketones (excluding diaryl/α,β-unsaturated/α-hetero) is 1. The van der Waals surface area contributed by atoms with Gasteiger partial charge >= 0.3 is 0 Å². The number of nitrogen functional groups attached to an aromatic ring is 1. The molecule has 0 saturated carbocycles. The second kappa shape index (κ2) is 8.55. The van der Waals surface area contributed by atoms with E-state index in [0.717, 1.165) is 12.0 Å². The fourth-order valence-electron chi connectivity index (χ4n) is 3.06. The van der Waals surface area contributed by atoms with E-state index < -0.39 is 0 Å². The zero-order valence-corrected chi connectivity index (χ0v) is 15.0. The van der Waals surface area contributed by atoms with Crippen molar-refractivity contribution < 1.29 is 19.5 Å². The van der Waals surface area contributed by atoms with Crippen molar-refractivity contribution in [3.05, 3.63) is 35.1 Å². The number of hydrogen-bond donors (Lipinski definition) is 2. The molecule has 0 spiro atoms. The molecule has 1 unspecified atom stereocenters. The highest BCUT2D eigenvalue weighted by atomic mass is 16.6. The van der Waals surface area contributed by atoms with Gasteiger partial charge in [0.05, 0.1) is 24.1 Å². The number of benzene rings is 1. The van der Waals surface area contributed by atoms with Gasteiger partial charge in [-0.2, -0.15) is 0 Å². The zero-order valence-electron chi connectivity index (χ0n) is 15.0. The zero-order chi connectivity index (χ0) is 18.4. The predicted molar refractivity (Wildman–Crippen MR) is 98.0 cm³/mol. The number of ketones is 1. The molecule has 3 N–H and O–H groups in total. The number of carbonyl (C=O) groups excluding carboxylic acids is 1. The molecule has 1 aliphatic carbocycles. The van der Waals surface area contributed by atoms with Crippen LogP contribution in [0.1, 0.15) is 51.0 Å². The number of nitrogens with zero attached hydrogens (tertiary/aromatic N) is 1. The van der Waals surface area contributed by atoms with Gasteiger partial charge < -0.3 is 20.4 Å². The number of rotatable bonds is 7. The van der Waals surface area contributed by atoms with Gasteiger partial charge in [0.15, 0.2) is 5.78 Å². The van der Waals surface area contributed by atoms with Crippen molar-refractivity contribution >= 4 is 17.2 Å². The van der Waals surface area contributed by atoms with Crippen LogP contribution >= 0.6 is 0 Å². The molecular weight excluding hydrogens is 320 g/mol. The Kier molecular flexibility index (Phi) is 6.44. The number of carbonyl (C=O) groups is 1. The van der Waals surface area contributed by atoms with Crippen molar-refractivity contribution in [3.63, 3.8) is 0 Å². The lowest BCUT2D eigenvalue weighted by Crippen LogP contribution is -2.24. The maximum atomic E-state index is 12.7. The van der Waals surface area contributed by atoms with E-state index in [4.69, 9.17) is 15.3 Å². The van der Waals surface area contributed by atoms with Gasteiger partial charge in [0.25, 0.3) is 0 Å². The molecule has 0 bridgehead atoms. The van der Waals surface area contributed by atoms with Gasteiger partial charge in [0.2, 0.25) is 0 Å². The number of oxime groups is 1. The molecule has 0 radical (unpaired) electrons. The normalized spacial score (nSPS) is 18.4. The lowest BCUT2D eigenvalue weighted by atomic mass is 9.80. The Hall–Kier alpha value is -2.50. The summed E-state index contributed by atoms with van der Waals surface area (Å²) in [6.07, 6.45) is 2.08. The molecule has 0 aliphatic heterocycles. The van der Waals surface area contributed by atoms with Crippen molar-refractivity contribution in [3.8, 4) is 5.75 Å². The second-order valence-corrected chi connectivity index (χ2v) is 6.06. The number of methoxy groups -OCH3 is 1. The summed E-state index contributed by atoms with van der Waals surface area (Å²) in [5, 5.41) is 14.5. The lowest BCUT2D eigenvalue weighted by molar-refractivity contribution is -0.116. The molecule has 6 heteroatoms. The summed E-state index contributed by atoms with van der Waals surface area (Å²) in [6, 6.07) is 5.47. The number of aliphatic hydroxyl groups is 1. The summed E-state index contributed by atoms with van der Waals surface area (Å²) >= 11 is 0. The number of ether oxygens (including phenoxy) is 1. The summed E-state index contributed by atoms with van der Waals surface area (Å²) in [5.41, 5.74) is 8.23. The van der Waals surface area contributed by atoms with Crippen LogP contribution in [0.2, 0.25) is 0 Å². The lowest BCUT2D eigenvalue weighted by Gasteiger charge is -2.24. The smallest absolute Gasteiger partial charge is 0.168 e. The van der Waals surface area contributed by atoms with E-state index in [0.29, 0.717) is 48.6 Å². The first kappa shape index (κ1) is 18.8. The van der Waals surface area contributed by atoms with Gasteiger partial charge in [-0.1, -0.05) is 24.6 Å². The Bertz CT molecular complexity index is 695. The maximum absolute atomic E-state index is 12.7. The van der Waals surface area contributed by atoms with Gasteiger partial charge in [-0.25, -0.2) is 0 Å². The second-order valence-electron chi connectivity index (χ2n) is 6.06. The van der Waals surface area contributed by atoms with E-state index in [1.807, 2.05) is 19.9 Å². The molecule has 0 fully saturated rings. The predicted octanol–water partition coefficient (Wildman–Crippen LogP) is 3.73. The average molecular weight is 346 g/mol. The Morgan fingerprint density at radius 3 is 2.68 bits per heavy atom. The monoisotopic (exact) mass is 346 g/mol. The summed E-state index contributed by atoms with van der Waals surface area (Å²) < 4.78 is 5.16. The minimum absolute atomic E-state index is 0.0718. The van der Waals surface area contributed by atoms with Gasteiger partial charge in [-0.15, -0.1) is 0 Å². The molecule has 1 aromatic carbocycles. The third-order valence-electron chi connectivity index (χ3n) is 4.24. The van der Waals surface area contributed by atoms with E-state index in [1.54, 1.807) is 19.2 Å². The fourth-order valence-corrected chi connectivity index (χ4v) is 3.06. The van der Waals surface area contributed by atoms with Crippen LogP contribution in [0.4, 0.5) is 5.69 Å².